The number of benzene rings is 8. The number of aromatic nitrogens is 4. The van der Waals surface area contributed by atoms with Gasteiger partial charge in [-0.25, -0.2) is 15.0 Å². The van der Waals surface area contributed by atoms with Crippen LogP contribution in [-0.4, -0.2) is 19.5 Å². The maximum Gasteiger partial charge on any atom is 0.164 e. The molecule has 0 radical (unpaired) electrons. The average Bonchev–Trinajstić information content (AvgIpc) is 3.62. The highest BCUT2D eigenvalue weighted by molar-refractivity contribution is 8.34. The second-order valence-corrected chi connectivity index (χ2v) is 16.8. The molecule has 0 spiro atoms. The van der Waals surface area contributed by atoms with Gasteiger partial charge in [-0.1, -0.05) is 133 Å². The van der Waals surface area contributed by atoms with E-state index < -0.39 is 10.0 Å². The summed E-state index contributed by atoms with van der Waals surface area (Å²) in [6, 6.07) is 77.5. The van der Waals surface area contributed by atoms with Crippen molar-refractivity contribution in [3.05, 3.63) is 218 Å². The predicted molar refractivity (Wildman–Crippen MR) is 230 cm³/mol. The summed E-state index contributed by atoms with van der Waals surface area (Å²) in [5.41, 5.74) is 6.23. The zero-order chi connectivity index (χ0) is 37.3. The summed E-state index contributed by atoms with van der Waals surface area (Å²) in [6.45, 7) is 0. The van der Waals surface area contributed by atoms with Crippen molar-refractivity contribution in [2.24, 2.45) is 0 Å². The van der Waals surface area contributed by atoms with Gasteiger partial charge in [-0.2, -0.15) is 0 Å². The van der Waals surface area contributed by atoms with Crippen LogP contribution in [0.3, 0.4) is 0 Å². The van der Waals surface area contributed by atoms with Crippen molar-refractivity contribution >= 4 is 31.8 Å². The minimum Gasteiger partial charge on any atom is -0.309 e. The van der Waals surface area contributed by atoms with Crippen molar-refractivity contribution in [2.75, 3.05) is 0 Å². The number of hydrogen-bond acceptors (Lipinski definition) is 3. The minimum atomic E-state index is -1.90. The molecule has 10 aromatic rings. The first-order valence-corrected chi connectivity index (χ1v) is 20.4. The molecule has 0 atom stereocenters. The zero-order valence-corrected chi connectivity index (χ0v) is 31.3. The molecule has 0 saturated carbocycles. The number of para-hydroxylation sites is 2. The Bertz CT molecular complexity index is 2800. The van der Waals surface area contributed by atoms with E-state index in [1.807, 2.05) is 18.2 Å². The van der Waals surface area contributed by atoms with Crippen LogP contribution in [0.15, 0.2) is 238 Å². The van der Waals surface area contributed by atoms with Crippen LogP contribution in [-0.2, 0) is 0 Å². The molecule has 266 valence electrons. The smallest absolute Gasteiger partial charge is 0.164 e. The zero-order valence-electron chi connectivity index (χ0n) is 30.5. The topological polar surface area (TPSA) is 43.6 Å². The molecular weight excluding hydrogens is 701 g/mol. The molecule has 0 saturated heterocycles. The third-order valence-corrected chi connectivity index (χ3v) is 14.3. The minimum absolute atomic E-state index is 0.626. The van der Waals surface area contributed by atoms with Crippen molar-refractivity contribution < 1.29 is 0 Å². The Balaban J connectivity index is 1.14. The van der Waals surface area contributed by atoms with E-state index in [1.54, 1.807) is 0 Å². The van der Waals surface area contributed by atoms with Gasteiger partial charge in [0.25, 0.3) is 0 Å². The van der Waals surface area contributed by atoms with Gasteiger partial charge in [0.05, 0.1) is 11.0 Å². The van der Waals surface area contributed by atoms with Gasteiger partial charge in [0, 0.05) is 52.7 Å². The summed E-state index contributed by atoms with van der Waals surface area (Å²) in [7, 11) is -1.90. The molecule has 0 aliphatic heterocycles. The Hall–Kier alpha value is -7.08. The van der Waals surface area contributed by atoms with E-state index in [1.165, 1.54) is 41.4 Å². The van der Waals surface area contributed by atoms with E-state index in [-0.39, 0.29) is 0 Å². The highest BCUT2D eigenvalue weighted by Gasteiger charge is 2.33. The van der Waals surface area contributed by atoms with E-state index in [9.17, 15) is 0 Å². The van der Waals surface area contributed by atoms with Crippen LogP contribution in [0.5, 0.6) is 0 Å². The van der Waals surface area contributed by atoms with Gasteiger partial charge in [0.15, 0.2) is 17.5 Å². The molecular formula is C51H36N4S. The fraction of sp³-hybridized carbons (Fsp3) is 0. The predicted octanol–water partition coefficient (Wildman–Crippen LogP) is 13.3. The SMILES string of the molecule is c1ccc(-c2nc(-c3ccc(-n4c5ccccc5c5ccccc54)cc3)nc(-c3cccc(S(c4ccccc4)(c4ccccc4)c4ccccc4)c3)n2)cc1. The lowest BCUT2D eigenvalue weighted by molar-refractivity contribution is 1.07. The molecule has 0 aliphatic rings. The van der Waals surface area contributed by atoms with Crippen LogP contribution in [0.4, 0.5) is 0 Å². The lowest BCUT2D eigenvalue weighted by Crippen LogP contribution is -2.06. The second kappa shape index (κ2) is 14.3. The van der Waals surface area contributed by atoms with E-state index in [0.29, 0.717) is 17.5 Å². The molecule has 5 heteroatoms. The van der Waals surface area contributed by atoms with Gasteiger partial charge in [-0.05, 0) is 84.9 Å². The van der Waals surface area contributed by atoms with Crippen LogP contribution < -0.4 is 0 Å². The molecule has 4 nitrogen and oxygen atoms in total. The van der Waals surface area contributed by atoms with Gasteiger partial charge in [0.2, 0.25) is 0 Å². The van der Waals surface area contributed by atoms with Crippen LogP contribution in [0.25, 0.3) is 61.7 Å². The standard InChI is InChI=1S/C51H36N4S/c1-5-18-37(19-6-1)49-52-50(38-32-34-40(35-33-38)55-47-30-15-13-28-45(47)46-29-14-16-31-48(46)55)54-51(53-49)39-20-17-27-44(36-39)56(41-21-7-2-8-22-41,42-23-9-3-10-24-42)43-25-11-4-12-26-43/h1-36H. The summed E-state index contributed by atoms with van der Waals surface area (Å²) in [6.07, 6.45) is 0. The third kappa shape index (κ3) is 5.77. The molecule has 8 aromatic carbocycles. The molecule has 0 fully saturated rings. The summed E-state index contributed by atoms with van der Waals surface area (Å²) in [4.78, 5) is 20.4. The summed E-state index contributed by atoms with van der Waals surface area (Å²) >= 11 is 0. The number of rotatable bonds is 8. The Morgan fingerprint density at radius 1 is 0.304 bits per heavy atom. The maximum absolute atomic E-state index is 5.21. The van der Waals surface area contributed by atoms with Crippen LogP contribution in [0.1, 0.15) is 0 Å². The van der Waals surface area contributed by atoms with Gasteiger partial charge in [-0.3, -0.25) is 0 Å². The van der Waals surface area contributed by atoms with Crippen LogP contribution in [0, 0.1) is 0 Å². The van der Waals surface area contributed by atoms with Crippen molar-refractivity contribution in [2.45, 2.75) is 19.6 Å². The van der Waals surface area contributed by atoms with Gasteiger partial charge in [-0.15, -0.1) is 10.0 Å². The molecule has 0 amide bonds. The summed E-state index contributed by atoms with van der Waals surface area (Å²) in [5.74, 6) is 1.89. The molecule has 10 rings (SSSR count). The first-order chi connectivity index (χ1) is 27.8. The van der Waals surface area contributed by atoms with Gasteiger partial charge in [0.1, 0.15) is 0 Å². The Labute approximate surface area is 327 Å². The highest BCUT2D eigenvalue weighted by Crippen LogP contribution is 2.73. The first-order valence-electron chi connectivity index (χ1n) is 18.8. The maximum atomic E-state index is 5.21. The largest absolute Gasteiger partial charge is 0.309 e. The van der Waals surface area contributed by atoms with Crippen LogP contribution in [0.2, 0.25) is 0 Å². The molecule has 0 aliphatic carbocycles. The Morgan fingerprint density at radius 2 is 0.679 bits per heavy atom. The van der Waals surface area contributed by atoms with Crippen molar-refractivity contribution in [1.29, 1.82) is 0 Å². The van der Waals surface area contributed by atoms with Crippen molar-refractivity contribution in [1.82, 2.24) is 19.5 Å². The molecule has 2 heterocycles. The lowest BCUT2D eigenvalue weighted by Gasteiger charge is -2.42. The Kier molecular flexibility index (Phi) is 8.55. The monoisotopic (exact) mass is 736 g/mol. The van der Waals surface area contributed by atoms with E-state index in [4.69, 9.17) is 15.0 Å². The summed E-state index contributed by atoms with van der Waals surface area (Å²) in [5, 5.41) is 2.48. The number of nitrogens with zero attached hydrogens (tertiary/aromatic N) is 4. The van der Waals surface area contributed by atoms with E-state index >= 15 is 0 Å². The van der Waals surface area contributed by atoms with Crippen LogP contribution >= 0.6 is 10.0 Å². The molecule has 0 unspecified atom stereocenters. The fourth-order valence-electron chi connectivity index (χ4n) is 7.83. The van der Waals surface area contributed by atoms with E-state index in [2.05, 4.69) is 205 Å². The first kappa shape index (κ1) is 33.5. The average molecular weight is 737 g/mol. The highest BCUT2D eigenvalue weighted by atomic mass is 32.3. The summed E-state index contributed by atoms with van der Waals surface area (Å²) < 4.78 is 2.33. The molecule has 56 heavy (non-hydrogen) atoms. The van der Waals surface area contributed by atoms with Gasteiger partial charge >= 0.3 is 0 Å². The molecule has 0 N–H and O–H groups in total. The number of fused-ring (bicyclic) bond motifs is 3. The van der Waals surface area contributed by atoms with Crippen molar-refractivity contribution in [3.63, 3.8) is 0 Å². The quantitative estimate of drug-likeness (QED) is 0.156. The molecule has 2 aromatic heterocycles. The third-order valence-electron chi connectivity index (χ3n) is 10.4. The Morgan fingerprint density at radius 3 is 1.18 bits per heavy atom. The lowest BCUT2D eigenvalue weighted by atomic mass is 10.1. The van der Waals surface area contributed by atoms with Crippen molar-refractivity contribution in [3.8, 4) is 39.9 Å². The fourth-order valence-corrected chi connectivity index (χ4v) is 11.7. The van der Waals surface area contributed by atoms with E-state index in [0.717, 1.165) is 22.4 Å². The normalized spacial score (nSPS) is 11.9. The number of hydrogen-bond donors (Lipinski definition) is 0. The molecule has 0 bridgehead atoms. The second-order valence-electron chi connectivity index (χ2n) is 13.7. The van der Waals surface area contributed by atoms with Gasteiger partial charge < -0.3 is 4.57 Å².